The van der Waals surface area contributed by atoms with Crippen molar-refractivity contribution in [1.29, 1.82) is 0 Å². The minimum Gasteiger partial charge on any atom is -0.342 e. The van der Waals surface area contributed by atoms with Crippen molar-refractivity contribution < 1.29 is 13.6 Å². The highest BCUT2D eigenvalue weighted by molar-refractivity contribution is 6.10. The van der Waals surface area contributed by atoms with Crippen LogP contribution in [0.15, 0.2) is 83.8 Å². The lowest BCUT2D eigenvalue weighted by Gasteiger charge is -2.14. The zero-order valence-corrected chi connectivity index (χ0v) is 14.7. The molecule has 0 unspecified atom stereocenters. The van der Waals surface area contributed by atoms with Crippen molar-refractivity contribution in [3.8, 4) is 0 Å². The summed E-state index contributed by atoms with van der Waals surface area (Å²) in [7, 11) is 0. The Bertz CT molecular complexity index is 1250. The quantitative estimate of drug-likeness (QED) is 0.491. The first-order valence-corrected chi connectivity index (χ1v) is 8.70. The van der Waals surface area contributed by atoms with Crippen LogP contribution in [0.5, 0.6) is 0 Å². The zero-order chi connectivity index (χ0) is 19.7. The first kappa shape index (κ1) is 17.8. The fourth-order valence-corrected chi connectivity index (χ4v) is 3.22. The number of carbonyl (C=O) groups excluding carboxylic acids is 1. The Morgan fingerprint density at radius 3 is 2.36 bits per heavy atom. The third kappa shape index (κ3) is 3.22. The molecule has 0 fully saturated rings. The van der Waals surface area contributed by atoms with Gasteiger partial charge in [-0.2, -0.15) is 0 Å². The molecular formula is C23H15F2NO2. The van der Waals surface area contributed by atoms with E-state index in [2.05, 4.69) is 0 Å². The normalized spacial score (nSPS) is 10.9. The number of carbonyl (C=O) groups is 1. The van der Waals surface area contributed by atoms with Gasteiger partial charge in [-0.05, 0) is 24.3 Å². The van der Waals surface area contributed by atoms with E-state index < -0.39 is 22.8 Å². The van der Waals surface area contributed by atoms with Crippen molar-refractivity contribution in [2.45, 2.75) is 6.54 Å². The van der Waals surface area contributed by atoms with Gasteiger partial charge in [-0.1, -0.05) is 48.5 Å². The van der Waals surface area contributed by atoms with Crippen molar-refractivity contribution in [1.82, 2.24) is 4.57 Å². The number of benzene rings is 3. The molecule has 28 heavy (non-hydrogen) atoms. The number of fused-ring (bicyclic) bond motifs is 1. The summed E-state index contributed by atoms with van der Waals surface area (Å²) in [6.07, 6.45) is 1.42. The standard InChI is InChI=1S/C23H15F2NO2/c24-17-10-11-21-18(12-17)23(28)19(22(27)15-6-2-1-3-7-15)14-26(21)13-16-8-4-5-9-20(16)25/h1-12,14H,13H2. The molecule has 5 heteroatoms. The van der Waals surface area contributed by atoms with Crippen LogP contribution in [-0.4, -0.2) is 10.4 Å². The van der Waals surface area contributed by atoms with Crippen LogP contribution >= 0.6 is 0 Å². The van der Waals surface area contributed by atoms with E-state index >= 15 is 0 Å². The molecule has 3 aromatic carbocycles. The van der Waals surface area contributed by atoms with E-state index in [0.717, 1.165) is 6.07 Å². The Balaban J connectivity index is 1.94. The second-order valence-electron chi connectivity index (χ2n) is 6.45. The lowest BCUT2D eigenvalue weighted by Crippen LogP contribution is -2.20. The van der Waals surface area contributed by atoms with Gasteiger partial charge in [0.25, 0.3) is 0 Å². The van der Waals surface area contributed by atoms with Gasteiger partial charge in [-0.25, -0.2) is 8.78 Å². The molecule has 0 radical (unpaired) electrons. The Hall–Kier alpha value is -3.60. The minimum atomic E-state index is -0.577. The molecule has 0 saturated heterocycles. The number of hydrogen-bond acceptors (Lipinski definition) is 2. The van der Waals surface area contributed by atoms with Gasteiger partial charge in [-0.15, -0.1) is 0 Å². The van der Waals surface area contributed by atoms with E-state index in [-0.39, 0.29) is 17.5 Å². The Morgan fingerprint density at radius 2 is 1.61 bits per heavy atom. The van der Waals surface area contributed by atoms with Gasteiger partial charge in [0.15, 0.2) is 5.78 Å². The topological polar surface area (TPSA) is 39.1 Å². The molecule has 0 amide bonds. The third-order valence-corrected chi connectivity index (χ3v) is 4.62. The molecule has 0 spiro atoms. The second-order valence-corrected chi connectivity index (χ2v) is 6.45. The maximum atomic E-state index is 14.1. The van der Waals surface area contributed by atoms with Crippen LogP contribution in [0.4, 0.5) is 8.78 Å². The van der Waals surface area contributed by atoms with Gasteiger partial charge in [0.2, 0.25) is 5.43 Å². The van der Waals surface area contributed by atoms with Crippen molar-refractivity contribution in [2.75, 3.05) is 0 Å². The lowest BCUT2D eigenvalue weighted by atomic mass is 10.0. The number of halogens is 2. The van der Waals surface area contributed by atoms with Crippen LogP contribution in [-0.2, 0) is 6.54 Å². The third-order valence-electron chi connectivity index (χ3n) is 4.62. The summed E-state index contributed by atoms with van der Waals surface area (Å²) < 4.78 is 29.5. The molecule has 0 bridgehead atoms. The van der Waals surface area contributed by atoms with Crippen LogP contribution in [0.1, 0.15) is 21.5 Å². The Kier molecular flexibility index (Phi) is 4.57. The van der Waals surface area contributed by atoms with Crippen LogP contribution in [0, 0.1) is 11.6 Å². The summed E-state index contributed by atoms with van der Waals surface area (Å²) in [4.78, 5) is 25.8. The van der Waals surface area contributed by atoms with Crippen LogP contribution < -0.4 is 5.43 Å². The van der Waals surface area contributed by atoms with E-state index in [0.29, 0.717) is 16.6 Å². The average molecular weight is 375 g/mol. The Morgan fingerprint density at radius 1 is 0.893 bits per heavy atom. The number of aromatic nitrogens is 1. The number of nitrogens with zero attached hydrogens (tertiary/aromatic N) is 1. The number of ketones is 1. The van der Waals surface area contributed by atoms with Gasteiger partial charge in [0.05, 0.1) is 17.6 Å². The van der Waals surface area contributed by atoms with Gasteiger partial charge in [0, 0.05) is 22.7 Å². The molecule has 1 aromatic heterocycles. The summed E-state index contributed by atoms with van der Waals surface area (Å²) in [6, 6.07) is 18.5. The SMILES string of the molecule is O=C(c1ccccc1)c1cn(Cc2ccccc2F)c2ccc(F)cc2c1=O. The molecule has 4 rings (SSSR count). The van der Waals surface area contributed by atoms with Gasteiger partial charge in [-0.3, -0.25) is 9.59 Å². The molecule has 0 N–H and O–H groups in total. The van der Waals surface area contributed by atoms with Gasteiger partial charge >= 0.3 is 0 Å². The highest BCUT2D eigenvalue weighted by Crippen LogP contribution is 2.18. The van der Waals surface area contributed by atoms with E-state index in [1.54, 1.807) is 53.1 Å². The molecule has 0 aliphatic heterocycles. The predicted molar refractivity (Wildman–Crippen MR) is 104 cm³/mol. The van der Waals surface area contributed by atoms with Crippen molar-refractivity contribution in [3.05, 3.63) is 118 Å². The summed E-state index contributed by atoms with van der Waals surface area (Å²) >= 11 is 0. The molecule has 0 aliphatic rings. The summed E-state index contributed by atoms with van der Waals surface area (Å²) in [5.41, 5.74) is 0.552. The molecule has 0 aliphatic carbocycles. The van der Waals surface area contributed by atoms with E-state index in [1.165, 1.54) is 24.4 Å². The smallest absolute Gasteiger partial charge is 0.200 e. The van der Waals surface area contributed by atoms with Crippen molar-refractivity contribution >= 4 is 16.7 Å². The average Bonchev–Trinajstić information content (AvgIpc) is 2.72. The maximum Gasteiger partial charge on any atom is 0.200 e. The monoisotopic (exact) mass is 375 g/mol. The Labute approximate surface area is 159 Å². The predicted octanol–water partition coefficient (Wildman–Crippen LogP) is 4.56. The molecule has 3 nitrogen and oxygen atoms in total. The van der Waals surface area contributed by atoms with Gasteiger partial charge in [0.1, 0.15) is 11.6 Å². The minimum absolute atomic E-state index is 0.0816. The highest BCUT2D eigenvalue weighted by atomic mass is 19.1. The van der Waals surface area contributed by atoms with E-state index in [4.69, 9.17) is 0 Å². The molecule has 0 saturated carbocycles. The number of hydrogen-bond donors (Lipinski definition) is 0. The van der Waals surface area contributed by atoms with Crippen molar-refractivity contribution in [2.24, 2.45) is 0 Å². The summed E-state index contributed by atoms with van der Waals surface area (Å²) in [5, 5.41) is 0.0816. The fraction of sp³-hybridized carbons (Fsp3) is 0.0435. The van der Waals surface area contributed by atoms with E-state index in [1.807, 2.05) is 0 Å². The number of rotatable bonds is 4. The number of pyridine rings is 1. The fourth-order valence-electron chi connectivity index (χ4n) is 3.22. The largest absolute Gasteiger partial charge is 0.342 e. The maximum absolute atomic E-state index is 14.1. The molecule has 0 atom stereocenters. The summed E-state index contributed by atoms with van der Waals surface area (Å²) in [6.45, 7) is 0.101. The van der Waals surface area contributed by atoms with Crippen LogP contribution in [0.2, 0.25) is 0 Å². The molecule has 4 aromatic rings. The lowest BCUT2D eigenvalue weighted by molar-refractivity contribution is 0.103. The zero-order valence-electron chi connectivity index (χ0n) is 14.7. The van der Waals surface area contributed by atoms with Gasteiger partial charge < -0.3 is 4.57 Å². The first-order valence-electron chi connectivity index (χ1n) is 8.70. The first-order chi connectivity index (χ1) is 13.5. The molecular weight excluding hydrogens is 360 g/mol. The molecule has 1 heterocycles. The second kappa shape index (κ2) is 7.19. The van der Waals surface area contributed by atoms with Crippen molar-refractivity contribution in [3.63, 3.8) is 0 Å². The summed E-state index contributed by atoms with van der Waals surface area (Å²) in [5.74, 6) is -1.43. The van der Waals surface area contributed by atoms with E-state index in [9.17, 15) is 18.4 Å². The van der Waals surface area contributed by atoms with Crippen LogP contribution in [0.25, 0.3) is 10.9 Å². The van der Waals surface area contributed by atoms with Crippen LogP contribution in [0.3, 0.4) is 0 Å². The molecule has 138 valence electrons. The highest BCUT2D eigenvalue weighted by Gasteiger charge is 2.18.